The summed E-state index contributed by atoms with van der Waals surface area (Å²) in [6, 6.07) is -1.02. The second-order valence-corrected chi connectivity index (χ2v) is 22.8. The Labute approximate surface area is 490 Å². The first-order chi connectivity index (χ1) is 39.2. The summed E-state index contributed by atoms with van der Waals surface area (Å²) in [7, 11) is 0. The minimum Gasteiger partial charge on any atom is -0.454 e. The molecule has 11 nitrogen and oxygen atoms in total. The van der Waals surface area contributed by atoms with Crippen LogP contribution < -0.4 is 5.32 Å². The molecule has 1 rings (SSSR count). The van der Waals surface area contributed by atoms with Gasteiger partial charge in [0.1, 0.15) is 24.4 Å². The molecule has 1 amide bonds. The third kappa shape index (κ3) is 43.7. The van der Waals surface area contributed by atoms with Crippen LogP contribution in [0, 0.1) is 0 Å². The molecule has 6 N–H and O–H groups in total. The summed E-state index contributed by atoms with van der Waals surface area (Å²) in [6.45, 7) is 5.68. The number of allylic oxidation sites excluding steroid dienone is 11. The molecule has 8 unspecified atom stereocenters. The minimum atomic E-state index is -1.62. The van der Waals surface area contributed by atoms with Gasteiger partial charge in [0, 0.05) is 6.42 Å². The molecular weight excluding hydrogens is 1000 g/mol. The smallest absolute Gasteiger partial charge is 0.306 e. The van der Waals surface area contributed by atoms with Gasteiger partial charge in [0.25, 0.3) is 0 Å². The fourth-order valence-corrected chi connectivity index (χ4v) is 10.1. The van der Waals surface area contributed by atoms with Crippen LogP contribution in [-0.4, -0.2) is 99.6 Å². The number of carbonyl (C=O) groups is 2. The van der Waals surface area contributed by atoms with Crippen molar-refractivity contribution >= 4 is 11.9 Å². The summed E-state index contributed by atoms with van der Waals surface area (Å²) < 4.78 is 17.6. The average Bonchev–Trinajstić information content (AvgIpc) is 3.46. The zero-order valence-corrected chi connectivity index (χ0v) is 51.4. The maximum Gasteiger partial charge on any atom is 0.306 e. The highest BCUT2D eigenvalue weighted by molar-refractivity contribution is 5.80. The van der Waals surface area contributed by atoms with Gasteiger partial charge in [-0.2, -0.15) is 0 Å². The largest absolute Gasteiger partial charge is 0.454 e. The molecule has 1 saturated heterocycles. The van der Waals surface area contributed by atoms with E-state index >= 15 is 0 Å². The van der Waals surface area contributed by atoms with E-state index < -0.39 is 67.4 Å². The lowest BCUT2D eigenvalue weighted by Gasteiger charge is -2.41. The van der Waals surface area contributed by atoms with Gasteiger partial charge in [0.15, 0.2) is 12.4 Å². The van der Waals surface area contributed by atoms with Crippen LogP contribution in [0.3, 0.4) is 0 Å². The number of hydrogen-bond donors (Lipinski definition) is 6. The predicted octanol–water partition coefficient (Wildman–Crippen LogP) is 16.3. The first-order valence-corrected chi connectivity index (χ1v) is 33.2. The van der Waals surface area contributed by atoms with Crippen molar-refractivity contribution < 1.29 is 49.3 Å². The van der Waals surface area contributed by atoms with Crippen LogP contribution in [0.5, 0.6) is 0 Å². The van der Waals surface area contributed by atoms with Crippen LogP contribution in [0.2, 0.25) is 0 Å². The quantitative estimate of drug-likeness (QED) is 0.0195. The van der Waals surface area contributed by atoms with Crippen molar-refractivity contribution in [2.75, 3.05) is 13.2 Å². The van der Waals surface area contributed by atoms with Gasteiger partial charge in [-0.1, -0.05) is 286 Å². The van der Waals surface area contributed by atoms with Crippen molar-refractivity contribution in [3.8, 4) is 0 Å². The summed E-state index contributed by atoms with van der Waals surface area (Å²) in [5.41, 5.74) is 0. The number of carbonyl (C=O) groups excluding carboxylic acids is 2. The summed E-state index contributed by atoms with van der Waals surface area (Å²) in [5.74, 6) is -1.19. The molecule has 0 aromatic heterocycles. The number of hydrogen-bond acceptors (Lipinski definition) is 10. The van der Waals surface area contributed by atoms with Crippen molar-refractivity contribution in [1.82, 2.24) is 5.32 Å². The maximum atomic E-state index is 13.4. The molecule has 0 spiro atoms. The molecule has 464 valence electrons. The topological polar surface area (TPSA) is 175 Å². The monoisotopic (exact) mass is 1130 g/mol. The summed E-state index contributed by atoms with van der Waals surface area (Å²) in [6.07, 6.45) is 62.3. The Hall–Kier alpha value is -2.90. The first-order valence-electron chi connectivity index (χ1n) is 33.2. The molecule has 11 heteroatoms. The summed E-state index contributed by atoms with van der Waals surface area (Å²) in [4.78, 5) is 26.6. The second-order valence-electron chi connectivity index (χ2n) is 22.8. The highest BCUT2D eigenvalue weighted by atomic mass is 16.7. The summed E-state index contributed by atoms with van der Waals surface area (Å²) in [5, 5.41) is 57.0. The van der Waals surface area contributed by atoms with Crippen LogP contribution in [0.4, 0.5) is 0 Å². The van der Waals surface area contributed by atoms with Gasteiger partial charge in [-0.05, 0) is 70.6 Å². The zero-order valence-electron chi connectivity index (χ0n) is 51.4. The Bertz CT molecular complexity index is 1580. The van der Waals surface area contributed by atoms with Crippen molar-refractivity contribution in [1.29, 1.82) is 0 Å². The number of rotatable bonds is 56. The highest BCUT2D eigenvalue weighted by Crippen LogP contribution is 2.26. The van der Waals surface area contributed by atoms with Gasteiger partial charge in [0.05, 0.1) is 25.4 Å². The molecule has 0 radical (unpaired) electrons. The van der Waals surface area contributed by atoms with E-state index in [4.69, 9.17) is 14.2 Å². The van der Waals surface area contributed by atoms with Crippen molar-refractivity contribution in [2.24, 2.45) is 0 Å². The van der Waals surface area contributed by atoms with E-state index in [1.54, 1.807) is 6.08 Å². The third-order valence-electron chi connectivity index (χ3n) is 15.4. The molecule has 0 aromatic carbocycles. The summed E-state index contributed by atoms with van der Waals surface area (Å²) >= 11 is 0. The van der Waals surface area contributed by atoms with Gasteiger partial charge in [-0.15, -0.1) is 0 Å². The molecule has 1 aliphatic rings. The van der Waals surface area contributed by atoms with Crippen molar-refractivity contribution in [2.45, 2.75) is 339 Å². The van der Waals surface area contributed by atoms with E-state index in [-0.39, 0.29) is 13.0 Å². The molecule has 80 heavy (non-hydrogen) atoms. The van der Waals surface area contributed by atoms with Crippen LogP contribution in [-0.2, 0) is 23.8 Å². The van der Waals surface area contributed by atoms with E-state index in [1.165, 1.54) is 148 Å². The Balaban J connectivity index is 2.55. The maximum absolute atomic E-state index is 13.4. The number of nitrogens with one attached hydrogen (secondary N) is 1. The van der Waals surface area contributed by atoms with Gasteiger partial charge in [-0.25, -0.2) is 0 Å². The van der Waals surface area contributed by atoms with Gasteiger partial charge in [-0.3, -0.25) is 9.59 Å². The lowest BCUT2D eigenvalue weighted by molar-refractivity contribution is -0.305. The van der Waals surface area contributed by atoms with E-state index in [2.05, 4.69) is 86.8 Å². The normalized spacial score (nSPS) is 19.2. The first kappa shape index (κ1) is 75.1. The Morgan fingerprint density at radius 2 is 0.900 bits per heavy atom. The fourth-order valence-electron chi connectivity index (χ4n) is 10.1. The highest BCUT2D eigenvalue weighted by Gasteiger charge is 2.47. The third-order valence-corrected chi connectivity index (χ3v) is 15.4. The lowest BCUT2D eigenvalue weighted by atomic mass is 9.99. The average molecular weight is 1130 g/mol. The number of esters is 1. The van der Waals surface area contributed by atoms with Crippen LogP contribution >= 0.6 is 0 Å². The van der Waals surface area contributed by atoms with Gasteiger partial charge in [0.2, 0.25) is 5.91 Å². The van der Waals surface area contributed by atoms with Crippen LogP contribution in [0.25, 0.3) is 0 Å². The molecule has 0 saturated carbocycles. The number of aliphatic hydroxyl groups is 5. The van der Waals surface area contributed by atoms with Crippen molar-refractivity contribution in [3.63, 3.8) is 0 Å². The molecule has 1 fully saturated rings. The Morgan fingerprint density at radius 3 is 1.35 bits per heavy atom. The molecule has 1 heterocycles. The number of aliphatic hydroxyl groups excluding tert-OH is 5. The molecule has 0 bridgehead atoms. The van der Waals surface area contributed by atoms with E-state index in [0.29, 0.717) is 19.3 Å². The van der Waals surface area contributed by atoms with Crippen LogP contribution in [0.15, 0.2) is 72.9 Å². The SMILES string of the molecule is CC/C=C\C/C=C\C/C=C\C/C=C\C/C=C\CCCCCCCCCCCCCC(=O)OC1C(OCC(NC(=O)C(O)CCCCCCCCCCCCCC)C(O)/C=C/CCCCCCCCCCCC)OC(CO)C(O)C1O. The number of amides is 1. The molecule has 1 aliphatic heterocycles. The van der Waals surface area contributed by atoms with E-state index in [9.17, 15) is 35.1 Å². The lowest BCUT2D eigenvalue weighted by Crippen LogP contribution is -2.61. The van der Waals surface area contributed by atoms with E-state index in [1.807, 2.05) is 6.08 Å². The minimum absolute atomic E-state index is 0.118. The predicted molar refractivity (Wildman–Crippen MR) is 333 cm³/mol. The number of unbranched alkanes of at least 4 members (excludes halogenated alkanes) is 32. The second kappa shape index (κ2) is 56.6. The zero-order chi connectivity index (χ0) is 58.2. The molecular formula is C69H123NO10. The molecule has 0 aliphatic carbocycles. The molecule has 8 atom stereocenters. The Kier molecular flexibility index (Phi) is 53.1. The Morgan fingerprint density at radius 1 is 0.500 bits per heavy atom. The fraction of sp³-hybridized carbons (Fsp3) is 0.797. The van der Waals surface area contributed by atoms with Gasteiger partial charge >= 0.3 is 5.97 Å². The van der Waals surface area contributed by atoms with Crippen molar-refractivity contribution in [3.05, 3.63) is 72.9 Å². The van der Waals surface area contributed by atoms with Gasteiger partial charge < -0.3 is 45.1 Å². The molecule has 0 aromatic rings. The van der Waals surface area contributed by atoms with Crippen LogP contribution in [0.1, 0.15) is 290 Å². The number of ether oxygens (including phenoxy) is 3. The van der Waals surface area contributed by atoms with E-state index in [0.717, 1.165) is 96.3 Å². The standard InChI is InChI=1S/C69H123NO10/c1-4-7-10-13-16-19-22-25-26-27-28-29-30-31-32-33-34-35-36-37-38-39-42-45-48-51-54-57-64(74)80-67-66(76)65(75)63(58-71)79-69(67)78-59-60(61(72)55-52-49-46-43-40-23-20-17-14-11-8-5-2)70-68(77)62(73)56-53-50-47-44-41-24-21-18-15-12-9-6-3/h7,10,16,19,25-26,28-29,31-32,52,55,60-63,65-67,69,71-73,75-76H,4-6,8-9,11-15,17-18,20-24,27,30,33-51,53-54,56-59H2,1-3H3,(H,70,77)/b10-7-,19-16-,26-25-,29-28-,32-31-,55-52+.